The summed E-state index contributed by atoms with van der Waals surface area (Å²) in [4.78, 5) is 33.5. The van der Waals surface area contributed by atoms with Crippen molar-refractivity contribution in [1.82, 2.24) is 10.6 Å². The quantitative estimate of drug-likeness (QED) is 0.295. The van der Waals surface area contributed by atoms with Gasteiger partial charge in [-0.1, -0.05) is 30.5 Å². The number of thioether (sulfide) groups is 1. The van der Waals surface area contributed by atoms with Gasteiger partial charge in [0.25, 0.3) is 0 Å². The van der Waals surface area contributed by atoms with Crippen LogP contribution >= 0.6 is 11.8 Å². The number of benzene rings is 1. The van der Waals surface area contributed by atoms with Crippen molar-refractivity contribution >= 4 is 35.2 Å². The van der Waals surface area contributed by atoms with Gasteiger partial charge in [0.05, 0.1) is 12.1 Å². The highest BCUT2D eigenvalue weighted by molar-refractivity contribution is 8.00. The van der Waals surface area contributed by atoms with Crippen molar-refractivity contribution in [2.75, 3.05) is 17.6 Å². The number of hydrogen-bond acceptors (Lipinski definition) is 5. The van der Waals surface area contributed by atoms with Crippen molar-refractivity contribution in [3.8, 4) is 0 Å². The standard InChI is InChI=1S/C13H20N2O.C11H18N2O2S/c1-11-6-8-12(9-7-11)15-13(16)5-3-2-4-10-14;1-7(14)4-2-3-5-9-10-8(6-16-9)12-11(15)13-10/h6-9H,2-5,10,14H2,1H3,(H,15,16);8-10H,2-6H2,1H3,(H2,12,13,15). The number of rotatable bonds is 11. The molecule has 0 saturated carbocycles. The van der Waals surface area contributed by atoms with E-state index < -0.39 is 0 Å². The van der Waals surface area contributed by atoms with E-state index in [4.69, 9.17) is 5.73 Å². The molecule has 3 amide bonds. The number of aryl methyl sites for hydroxylation is 1. The fourth-order valence-corrected chi connectivity index (χ4v) is 5.37. The molecule has 3 rings (SSSR count). The number of Topliss-reactive ketones (excluding diaryl/α,β-unsaturated/α-hetero) is 1. The number of carbonyl (C=O) groups is 3. The number of nitrogens with one attached hydrogen (secondary N) is 3. The van der Waals surface area contributed by atoms with Gasteiger partial charge in [-0.2, -0.15) is 11.8 Å². The zero-order valence-electron chi connectivity index (χ0n) is 19.3. The highest BCUT2D eigenvalue weighted by Gasteiger charge is 2.42. The van der Waals surface area contributed by atoms with E-state index in [0.29, 0.717) is 36.7 Å². The Morgan fingerprint density at radius 3 is 2.47 bits per heavy atom. The first-order chi connectivity index (χ1) is 15.4. The minimum absolute atomic E-state index is 0.0240. The lowest BCUT2D eigenvalue weighted by Gasteiger charge is -2.16. The van der Waals surface area contributed by atoms with Crippen LogP contribution in [0.2, 0.25) is 0 Å². The van der Waals surface area contributed by atoms with Crippen LogP contribution in [0.25, 0.3) is 0 Å². The molecule has 0 aromatic heterocycles. The molecule has 2 fully saturated rings. The Labute approximate surface area is 196 Å². The van der Waals surface area contributed by atoms with Crippen molar-refractivity contribution in [2.24, 2.45) is 5.73 Å². The third-order valence-electron chi connectivity index (χ3n) is 5.65. The van der Waals surface area contributed by atoms with Crippen molar-refractivity contribution in [3.63, 3.8) is 0 Å². The van der Waals surface area contributed by atoms with E-state index in [-0.39, 0.29) is 17.7 Å². The molecule has 0 radical (unpaired) electrons. The summed E-state index contributed by atoms with van der Waals surface area (Å²) >= 11 is 1.93. The molecule has 1 aromatic carbocycles. The van der Waals surface area contributed by atoms with Crippen LogP contribution in [0.3, 0.4) is 0 Å². The lowest BCUT2D eigenvalue weighted by Crippen LogP contribution is -2.36. The van der Waals surface area contributed by atoms with Crippen LogP contribution in [0.1, 0.15) is 63.9 Å². The molecular formula is C24H38N4O3S. The summed E-state index contributed by atoms with van der Waals surface area (Å²) in [7, 11) is 0. The van der Waals surface area contributed by atoms with Crippen molar-refractivity contribution in [1.29, 1.82) is 0 Å². The van der Waals surface area contributed by atoms with Gasteiger partial charge in [0.1, 0.15) is 5.78 Å². The van der Waals surface area contributed by atoms with E-state index in [9.17, 15) is 14.4 Å². The highest BCUT2D eigenvalue weighted by atomic mass is 32.2. The monoisotopic (exact) mass is 462 g/mol. The van der Waals surface area contributed by atoms with Crippen LogP contribution in [0, 0.1) is 6.92 Å². The first kappa shape index (κ1) is 26.2. The number of amides is 3. The molecule has 7 nitrogen and oxygen atoms in total. The van der Waals surface area contributed by atoms with E-state index >= 15 is 0 Å². The Kier molecular flexibility index (Phi) is 11.6. The Bertz CT molecular complexity index is 741. The molecule has 5 N–H and O–H groups in total. The summed E-state index contributed by atoms with van der Waals surface area (Å²) in [6, 6.07) is 8.42. The molecule has 0 bridgehead atoms. The minimum Gasteiger partial charge on any atom is -0.332 e. The smallest absolute Gasteiger partial charge is 0.315 e. The normalized spacial score (nSPS) is 21.1. The van der Waals surface area contributed by atoms with Gasteiger partial charge >= 0.3 is 6.03 Å². The molecule has 8 heteroatoms. The minimum atomic E-state index is -0.0240. The van der Waals surface area contributed by atoms with Gasteiger partial charge in [0, 0.05) is 29.5 Å². The van der Waals surface area contributed by atoms with E-state index in [1.165, 1.54) is 5.56 Å². The molecule has 2 saturated heterocycles. The zero-order valence-corrected chi connectivity index (χ0v) is 20.1. The third-order valence-corrected chi connectivity index (χ3v) is 7.16. The molecule has 1 aromatic rings. The summed E-state index contributed by atoms with van der Waals surface area (Å²) in [5.74, 6) is 1.37. The Morgan fingerprint density at radius 2 is 1.78 bits per heavy atom. The fourth-order valence-electron chi connectivity index (χ4n) is 3.83. The summed E-state index contributed by atoms with van der Waals surface area (Å²) < 4.78 is 0. The molecule has 3 atom stereocenters. The number of anilines is 1. The van der Waals surface area contributed by atoms with Crippen LogP contribution in [0.15, 0.2) is 24.3 Å². The van der Waals surface area contributed by atoms with Crippen molar-refractivity contribution in [3.05, 3.63) is 29.8 Å². The predicted molar refractivity (Wildman–Crippen MR) is 132 cm³/mol. The lowest BCUT2D eigenvalue weighted by molar-refractivity contribution is -0.117. The molecule has 0 aliphatic carbocycles. The summed E-state index contributed by atoms with van der Waals surface area (Å²) in [6.07, 6.45) is 7.36. The van der Waals surface area contributed by atoms with Crippen molar-refractivity contribution < 1.29 is 14.4 Å². The average Bonchev–Trinajstić information content (AvgIpc) is 3.30. The first-order valence-corrected chi connectivity index (χ1v) is 12.7. The molecular weight excluding hydrogens is 424 g/mol. The maximum Gasteiger partial charge on any atom is 0.315 e. The number of urea groups is 1. The molecule has 2 heterocycles. The van der Waals surface area contributed by atoms with E-state index in [1.807, 2.05) is 43.0 Å². The molecule has 2 aliphatic rings. The maximum atomic E-state index is 11.5. The largest absolute Gasteiger partial charge is 0.332 e. The number of fused-ring (bicyclic) bond motifs is 1. The van der Waals surface area contributed by atoms with Crippen LogP contribution in [0.4, 0.5) is 10.5 Å². The number of hydrogen-bond donors (Lipinski definition) is 4. The second-order valence-corrected chi connectivity index (χ2v) is 9.86. The van der Waals surface area contributed by atoms with Crippen LogP contribution in [-0.2, 0) is 9.59 Å². The number of nitrogens with two attached hydrogens (primary N) is 1. The van der Waals surface area contributed by atoms with Crippen LogP contribution in [-0.4, -0.2) is 47.4 Å². The number of ketones is 1. The predicted octanol–water partition coefficient (Wildman–Crippen LogP) is 3.75. The van der Waals surface area contributed by atoms with Crippen molar-refractivity contribution in [2.45, 2.75) is 82.5 Å². The molecule has 178 valence electrons. The number of unbranched alkanes of at least 4 members (excludes halogenated alkanes) is 3. The van der Waals surface area contributed by atoms with Gasteiger partial charge in [0.15, 0.2) is 0 Å². The van der Waals surface area contributed by atoms with Gasteiger partial charge < -0.3 is 26.5 Å². The summed E-state index contributed by atoms with van der Waals surface area (Å²) in [6.45, 7) is 4.37. The lowest BCUT2D eigenvalue weighted by atomic mass is 10.0. The Hall–Kier alpha value is -2.06. The SMILES string of the molecule is CC(=O)CCCCC1SCC2NC(=O)NC21.Cc1ccc(NC(=O)CCCCCN)cc1. The van der Waals surface area contributed by atoms with Gasteiger partial charge in [-0.3, -0.25) is 4.79 Å². The average molecular weight is 463 g/mol. The third kappa shape index (κ3) is 9.61. The van der Waals surface area contributed by atoms with Crippen LogP contribution < -0.4 is 21.7 Å². The van der Waals surface area contributed by atoms with Gasteiger partial charge in [0.2, 0.25) is 5.91 Å². The molecule has 2 aliphatic heterocycles. The van der Waals surface area contributed by atoms with Crippen LogP contribution in [0.5, 0.6) is 0 Å². The van der Waals surface area contributed by atoms with E-state index in [0.717, 1.165) is 50.0 Å². The molecule has 0 spiro atoms. The van der Waals surface area contributed by atoms with Gasteiger partial charge in [-0.25, -0.2) is 4.79 Å². The summed E-state index contributed by atoms with van der Waals surface area (Å²) in [5.41, 5.74) is 7.45. The number of carbonyl (C=O) groups excluding carboxylic acids is 3. The van der Waals surface area contributed by atoms with Gasteiger partial charge in [-0.15, -0.1) is 0 Å². The van der Waals surface area contributed by atoms with E-state index in [2.05, 4.69) is 16.0 Å². The first-order valence-electron chi connectivity index (χ1n) is 11.6. The van der Waals surface area contributed by atoms with E-state index in [1.54, 1.807) is 6.92 Å². The zero-order chi connectivity index (χ0) is 23.3. The molecule has 3 unspecified atom stereocenters. The Balaban J connectivity index is 0.000000227. The van der Waals surface area contributed by atoms with Gasteiger partial charge in [-0.05, 0) is 58.2 Å². The molecule has 32 heavy (non-hydrogen) atoms. The second kappa shape index (κ2) is 14.2. The second-order valence-electron chi connectivity index (χ2n) is 8.58. The topological polar surface area (TPSA) is 113 Å². The highest BCUT2D eigenvalue weighted by Crippen LogP contribution is 2.33. The summed E-state index contributed by atoms with van der Waals surface area (Å²) in [5, 5.41) is 9.31. The maximum absolute atomic E-state index is 11.5. The fraction of sp³-hybridized carbons (Fsp3) is 0.625. The Morgan fingerprint density at radius 1 is 1.06 bits per heavy atom.